The van der Waals surface area contributed by atoms with Crippen molar-refractivity contribution in [1.82, 2.24) is 0 Å². The fourth-order valence-corrected chi connectivity index (χ4v) is 3.95. The molecule has 0 saturated heterocycles. The molecule has 2 rings (SSSR count). The molecular weight excluding hydrogens is 214 g/mol. The Bertz CT molecular complexity index is 382. The lowest BCUT2D eigenvalue weighted by Crippen LogP contribution is -2.55. The van der Waals surface area contributed by atoms with Gasteiger partial charge in [0.05, 0.1) is 18.1 Å². The zero-order valence-corrected chi connectivity index (χ0v) is 10.9. The normalized spacial score (nSPS) is 44.9. The van der Waals surface area contributed by atoms with Gasteiger partial charge in [0.15, 0.2) is 0 Å². The molecule has 17 heavy (non-hydrogen) atoms. The molecule has 1 N–H and O–H groups in total. The van der Waals surface area contributed by atoms with Crippen LogP contribution in [0.25, 0.3) is 0 Å². The predicted octanol–water partition coefficient (Wildman–Crippen LogP) is 2.29. The van der Waals surface area contributed by atoms with Gasteiger partial charge in [0.1, 0.15) is 5.78 Å². The molecule has 0 unspecified atom stereocenters. The number of Topliss-reactive ketones (excluding diaryl/α,β-unsaturated/α-hetero) is 1. The molecule has 2 fully saturated rings. The molecule has 0 aromatic heterocycles. The number of rotatable bonds is 0. The summed E-state index contributed by atoms with van der Waals surface area (Å²) in [4.78, 5) is 11.8. The second kappa shape index (κ2) is 3.81. The molecule has 0 aliphatic heterocycles. The lowest BCUT2D eigenvalue weighted by molar-refractivity contribution is -0.149. The van der Waals surface area contributed by atoms with E-state index in [9.17, 15) is 15.2 Å². The molecule has 2 saturated carbocycles. The zero-order valence-electron chi connectivity index (χ0n) is 10.9. The van der Waals surface area contributed by atoms with Crippen LogP contribution in [0.4, 0.5) is 0 Å². The molecular formula is C14H21NO2. The van der Waals surface area contributed by atoms with E-state index in [0.29, 0.717) is 12.8 Å². The fraction of sp³-hybridized carbons (Fsp3) is 0.857. The number of aliphatic hydroxyl groups is 1. The summed E-state index contributed by atoms with van der Waals surface area (Å²) in [6, 6.07) is 2.32. The van der Waals surface area contributed by atoms with Gasteiger partial charge in [-0.3, -0.25) is 4.79 Å². The van der Waals surface area contributed by atoms with Crippen LogP contribution in [0.2, 0.25) is 0 Å². The molecule has 4 atom stereocenters. The van der Waals surface area contributed by atoms with Crippen molar-refractivity contribution in [2.75, 3.05) is 0 Å². The van der Waals surface area contributed by atoms with Crippen LogP contribution in [0, 0.1) is 34.0 Å². The van der Waals surface area contributed by atoms with E-state index in [2.05, 4.69) is 13.0 Å². The van der Waals surface area contributed by atoms with E-state index >= 15 is 0 Å². The minimum absolute atomic E-state index is 0.106. The molecule has 2 aliphatic rings. The molecule has 0 amide bonds. The van der Waals surface area contributed by atoms with Crippen LogP contribution < -0.4 is 0 Å². The van der Waals surface area contributed by atoms with E-state index in [0.717, 1.165) is 12.8 Å². The molecule has 0 aromatic rings. The fourth-order valence-electron chi connectivity index (χ4n) is 3.95. The summed E-state index contributed by atoms with van der Waals surface area (Å²) in [7, 11) is 0. The largest absolute Gasteiger partial charge is 0.393 e. The molecule has 0 bridgehead atoms. The molecule has 2 aliphatic carbocycles. The Labute approximate surface area is 103 Å². The van der Waals surface area contributed by atoms with Gasteiger partial charge in [-0.2, -0.15) is 5.26 Å². The van der Waals surface area contributed by atoms with Crippen molar-refractivity contribution in [3.63, 3.8) is 0 Å². The van der Waals surface area contributed by atoms with Crippen molar-refractivity contribution in [3.05, 3.63) is 0 Å². The molecule has 94 valence electrons. The van der Waals surface area contributed by atoms with Crippen LogP contribution in [0.3, 0.4) is 0 Å². The Balaban J connectivity index is 2.41. The number of hydrogen-bond donors (Lipinski definition) is 1. The number of ketones is 1. The van der Waals surface area contributed by atoms with Gasteiger partial charge in [-0.1, -0.05) is 20.8 Å². The van der Waals surface area contributed by atoms with Crippen LogP contribution in [0.1, 0.15) is 46.5 Å². The van der Waals surface area contributed by atoms with Gasteiger partial charge in [-0.25, -0.2) is 0 Å². The standard InChI is InChI=1S/C14H21NO2/c1-13(2)11-7-10(16)6-9(8-15)14(11,3)5-4-12(13)17/h9,11-12,17H,4-7H2,1-3H3/t9-,11+,12+,14-/m1/s1. The highest BCUT2D eigenvalue weighted by atomic mass is 16.3. The Kier molecular flexibility index (Phi) is 2.82. The first-order valence-electron chi connectivity index (χ1n) is 6.41. The predicted molar refractivity (Wildman–Crippen MR) is 64.0 cm³/mol. The van der Waals surface area contributed by atoms with Crippen molar-refractivity contribution in [3.8, 4) is 6.07 Å². The van der Waals surface area contributed by atoms with Gasteiger partial charge < -0.3 is 5.11 Å². The first-order chi connectivity index (χ1) is 7.82. The van der Waals surface area contributed by atoms with E-state index < -0.39 is 0 Å². The minimum Gasteiger partial charge on any atom is -0.393 e. The van der Waals surface area contributed by atoms with Crippen molar-refractivity contribution in [1.29, 1.82) is 5.26 Å². The van der Waals surface area contributed by atoms with Crippen molar-refractivity contribution in [2.24, 2.45) is 22.7 Å². The van der Waals surface area contributed by atoms with Gasteiger partial charge in [0.2, 0.25) is 0 Å². The van der Waals surface area contributed by atoms with Crippen LogP contribution in [-0.2, 0) is 4.79 Å². The minimum atomic E-state index is -0.356. The third-order valence-corrected chi connectivity index (χ3v) is 5.32. The van der Waals surface area contributed by atoms with Crippen LogP contribution in [0.15, 0.2) is 0 Å². The van der Waals surface area contributed by atoms with Crippen molar-refractivity contribution in [2.45, 2.75) is 52.6 Å². The monoisotopic (exact) mass is 235 g/mol. The van der Waals surface area contributed by atoms with E-state index in [1.54, 1.807) is 0 Å². The second-order valence-corrected chi connectivity index (χ2v) is 6.56. The molecule has 0 spiro atoms. The van der Waals surface area contributed by atoms with Crippen LogP contribution >= 0.6 is 0 Å². The number of carbonyl (C=O) groups is 1. The molecule has 0 radical (unpaired) electrons. The van der Waals surface area contributed by atoms with E-state index in [4.69, 9.17) is 0 Å². The van der Waals surface area contributed by atoms with E-state index in [1.165, 1.54) is 0 Å². The molecule has 3 nitrogen and oxygen atoms in total. The highest BCUT2D eigenvalue weighted by molar-refractivity contribution is 5.80. The average molecular weight is 235 g/mol. The first kappa shape index (κ1) is 12.6. The van der Waals surface area contributed by atoms with Gasteiger partial charge in [0, 0.05) is 12.8 Å². The maximum absolute atomic E-state index is 11.8. The van der Waals surface area contributed by atoms with Crippen molar-refractivity contribution < 1.29 is 9.90 Å². The van der Waals surface area contributed by atoms with Gasteiger partial charge in [0.25, 0.3) is 0 Å². The van der Waals surface area contributed by atoms with E-state index in [1.807, 2.05) is 13.8 Å². The summed E-state index contributed by atoms with van der Waals surface area (Å²) >= 11 is 0. The second-order valence-electron chi connectivity index (χ2n) is 6.56. The van der Waals surface area contributed by atoms with Crippen LogP contribution in [-0.4, -0.2) is 17.0 Å². The van der Waals surface area contributed by atoms with Crippen molar-refractivity contribution >= 4 is 5.78 Å². The SMILES string of the molecule is CC1(C)[C@@H](O)CC[C@]2(C)[C@@H](C#N)CC(=O)C[C@@H]12. The third-order valence-electron chi connectivity index (χ3n) is 5.32. The summed E-state index contributed by atoms with van der Waals surface area (Å²) in [6.07, 6.45) is 2.17. The highest BCUT2D eigenvalue weighted by Gasteiger charge is 2.57. The molecule has 0 heterocycles. The number of aliphatic hydroxyl groups excluding tert-OH is 1. The lowest BCUT2D eigenvalue weighted by atomic mass is 9.47. The summed E-state index contributed by atoms with van der Waals surface area (Å²) in [5, 5.41) is 19.4. The number of fused-ring (bicyclic) bond motifs is 1. The van der Waals surface area contributed by atoms with Gasteiger partial charge >= 0.3 is 0 Å². The average Bonchev–Trinajstić information content (AvgIpc) is 2.26. The smallest absolute Gasteiger partial charge is 0.134 e. The third kappa shape index (κ3) is 1.70. The van der Waals surface area contributed by atoms with E-state index in [-0.39, 0.29) is 34.6 Å². The Hall–Kier alpha value is -0.880. The summed E-state index contributed by atoms with van der Waals surface area (Å²) in [6.45, 7) is 6.20. The summed E-state index contributed by atoms with van der Waals surface area (Å²) < 4.78 is 0. The topological polar surface area (TPSA) is 61.1 Å². The highest BCUT2D eigenvalue weighted by Crippen LogP contribution is 2.58. The quantitative estimate of drug-likeness (QED) is 0.700. The molecule has 0 aromatic carbocycles. The van der Waals surface area contributed by atoms with Gasteiger partial charge in [-0.15, -0.1) is 0 Å². The van der Waals surface area contributed by atoms with Crippen LogP contribution in [0.5, 0.6) is 0 Å². The Morgan fingerprint density at radius 2 is 2.00 bits per heavy atom. The Morgan fingerprint density at radius 3 is 2.59 bits per heavy atom. The molecule has 3 heteroatoms. The maximum Gasteiger partial charge on any atom is 0.134 e. The lowest BCUT2D eigenvalue weighted by Gasteiger charge is -2.56. The summed E-state index contributed by atoms with van der Waals surface area (Å²) in [5.41, 5.74) is -0.371. The summed E-state index contributed by atoms with van der Waals surface area (Å²) in [5.74, 6) is 0.131. The van der Waals surface area contributed by atoms with Gasteiger partial charge in [-0.05, 0) is 29.6 Å². The first-order valence-corrected chi connectivity index (χ1v) is 6.41. The number of hydrogen-bond acceptors (Lipinski definition) is 3. The Morgan fingerprint density at radius 1 is 1.35 bits per heavy atom. The maximum atomic E-state index is 11.8. The number of nitriles is 1. The zero-order chi connectivity index (χ0) is 12.8. The number of nitrogens with zero attached hydrogens (tertiary/aromatic N) is 1. The number of carbonyl (C=O) groups excluding carboxylic acids is 1.